The van der Waals surface area contributed by atoms with E-state index in [0.717, 1.165) is 6.21 Å². The van der Waals surface area contributed by atoms with Crippen LogP contribution in [0.3, 0.4) is 0 Å². The molecule has 0 fully saturated rings. The molecule has 0 saturated heterocycles. The van der Waals surface area contributed by atoms with E-state index in [9.17, 15) is 9.18 Å². The zero-order chi connectivity index (χ0) is 15.4. The Hall–Kier alpha value is -1.62. The molecule has 2 aromatic carbocycles. The standard InChI is InChI=1S/C14H8Cl3FN2O/c15-8-4-5-9(12(17)6-8)14(21)20-19-7-10-11(16)2-1-3-13(10)18/h1-7H,(H,20,21)/b19-7+. The molecule has 0 bridgehead atoms. The number of carbonyl (C=O) groups is 1. The zero-order valence-electron chi connectivity index (χ0n) is 10.4. The molecular weight excluding hydrogens is 338 g/mol. The molecule has 0 heterocycles. The maximum Gasteiger partial charge on any atom is 0.272 e. The van der Waals surface area contributed by atoms with Gasteiger partial charge in [0, 0.05) is 10.6 Å². The second-order valence-electron chi connectivity index (χ2n) is 3.96. The predicted octanol–water partition coefficient (Wildman–Crippen LogP) is 4.55. The minimum atomic E-state index is -0.541. The first kappa shape index (κ1) is 15.8. The molecule has 0 saturated carbocycles. The number of nitrogens with zero attached hydrogens (tertiary/aromatic N) is 1. The monoisotopic (exact) mass is 344 g/mol. The fourth-order valence-electron chi connectivity index (χ4n) is 1.52. The summed E-state index contributed by atoms with van der Waals surface area (Å²) in [4.78, 5) is 11.9. The van der Waals surface area contributed by atoms with Crippen molar-refractivity contribution < 1.29 is 9.18 Å². The number of halogens is 4. The van der Waals surface area contributed by atoms with Crippen LogP contribution in [0, 0.1) is 5.82 Å². The van der Waals surface area contributed by atoms with Crippen molar-refractivity contribution in [3.05, 3.63) is 68.4 Å². The molecule has 108 valence electrons. The molecule has 0 aliphatic rings. The van der Waals surface area contributed by atoms with E-state index in [2.05, 4.69) is 10.5 Å². The van der Waals surface area contributed by atoms with Gasteiger partial charge in [-0.05, 0) is 30.3 Å². The molecule has 1 N–H and O–H groups in total. The van der Waals surface area contributed by atoms with Gasteiger partial charge in [-0.25, -0.2) is 9.82 Å². The molecule has 0 unspecified atom stereocenters. The van der Waals surface area contributed by atoms with Crippen molar-refractivity contribution in [1.29, 1.82) is 0 Å². The van der Waals surface area contributed by atoms with Gasteiger partial charge < -0.3 is 0 Å². The Balaban J connectivity index is 2.12. The number of hydrogen-bond acceptors (Lipinski definition) is 2. The lowest BCUT2D eigenvalue weighted by Gasteiger charge is -2.03. The highest BCUT2D eigenvalue weighted by molar-refractivity contribution is 6.36. The molecule has 7 heteroatoms. The molecule has 0 spiro atoms. The summed E-state index contributed by atoms with van der Waals surface area (Å²) in [5, 5.41) is 4.46. The highest BCUT2D eigenvalue weighted by Gasteiger charge is 2.10. The van der Waals surface area contributed by atoms with Crippen LogP contribution >= 0.6 is 34.8 Å². The molecule has 3 nitrogen and oxygen atoms in total. The zero-order valence-corrected chi connectivity index (χ0v) is 12.7. The summed E-state index contributed by atoms with van der Waals surface area (Å²) < 4.78 is 13.5. The molecule has 2 aromatic rings. The summed E-state index contributed by atoms with van der Waals surface area (Å²) in [6.07, 6.45) is 1.12. The average Bonchev–Trinajstić information content (AvgIpc) is 2.42. The molecule has 0 aliphatic heterocycles. The topological polar surface area (TPSA) is 41.5 Å². The van der Waals surface area contributed by atoms with Gasteiger partial charge in [-0.1, -0.05) is 40.9 Å². The van der Waals surface area contributed by atoms with Crippen molar-refractivity contribution in [2.24, 2.45) is 5.10 Å². The van der Waals surface area contributed by atoms with Gasteiger partial charge in [0.1, 0.15) is 5.82 Å². The largest absolute Gasteiger partial charge is 0.272 e. The van der Waals surface area contributed by atoms with Crippen molar-refractivity contribution in [3.63, 3.8) is 0 Å². The summed E-state index contributed by atoms with van der Waals surface area (Å²) in [5.74, 6) is -1.08. The average molecular weight is 346 g/mol. The summed E-state index contributed by atoms with van der Waals surface area (Å²) in [6.45, 7) is 0. The summed E-state index contributed by atoms with van der Waals surface area (Å²) in [6, 6.07) is 8.66. The molecule has 0 atom stereocenters. The fourth-order valence-corrected chi connectivity index (χ4v) is 2.23. The quantitative estimate of drug-likeness (QED) is 0.643. The van der Waals surface area contributed by atoms with Crippen LogP contribution in [-0.2, 0) is 0 Å². The van der Waals surface area contributed by atoms with Crippen LogP contribution in [0.15, 0.2) is 41.5 Å². The third-order valence-electron chi connectivity index (χ3n) is 2.54. The maximum absolute atomic E-state index is 13.5. The van der Waals surface area contributed by atoms with E-state index in [-0.39, 0.29) is 21.2 Å². The smallest absolute Gasteiger partial charge is 0.267 e. The van der Waals surface area contributed by atoms with Gasteiger partial charge in [0.25, 0.3) is 5.91 Å². The number of hydrogen-bond donors (Lipinski definition) is 1. The van der Waals surface area contributed by atoms with Crippen LogP contribution in [0.25, 0.3) is 0 Å². The van der Waals surface area contributed by atoms with E-state index < -0.39 is 11.7 Å². The van der Waals surface area contributed by atoms with Crippen molar-refractivity contribution in [2.75, 3.05) is 0 Å². The summed E-state index contributed by atoms with van der Waals surface area (Å²) in [5.41, 5.74) is 2.53. The van der Waals surface area contributed by atoms with Crippen molar-refractivity contribution in [2.45, 2.75) is 0 Å². The first-order chi connectivity index (χ1) is 9.99. The third-order valence-corrected chi connectivity index (χ3v) is 3.41. The number of benzene rings is 2. The Kier molecular flexibility index (Phi) is 5.17. The molecule has 0 radical (unpaired) electrons. The summed E-state index contributed by atoms with van der Waals surface area (Å²) in [7, 11) is 0. The van der Waals surface area contributed by atoms with E-state index in [1.165, 1.54) is 36.4 Å². The molecular formula is C14H8Cl3FN2O. The fraction of sp³-hybridized carbons (Fsp3) is 0. The molecule has 1 amide bonds. The Morgan fingerprint density at radius 2 is 1.90 bits per heavy atom. The lowest BCUT2D eigenvalue weighted by Crippen LogP contribution is -2.18. The van der Waals surface area contributed by atoms with Crippen LogP contribution in [0.5, 0.6) is 0 Å². The number of hydrazone groups is 1. The van der Waals surface area contributed by atoms with Gasteiger partial charge in [0.15, 0.2) is 0 Å². The van der Waals surface area contributed by atoms with Crippen LogP contribution in [-0.4, -0.2) is 12.1 Å². The normalized spacial score (nSPS) is 10.9. The van der Waals surface area contributed by atoms with Crippen molar-refractivity contribution in [1.82, 2.24) is 5.43 Å². The Morgan fingerprint density at radius 3 is 2.57 bits per heavy atom. The van der Waals surface area contributed by atoms with Gasteiger partial charge in [-0.3, -0.25) is 4.79 Å². The number of amides is 1. The molecule has 21 heavy (non-hydrogen) atoms. The Bertz CT molecular complexity index is 699. The van der Waals surface area contributed by atoms with Gasteiger partial charge in [0.05, 0.1) is 21.8 Å². The minimum Gasteiger partial charge on any atom is -0.267 e. The van der Waals surface area contributed by atoms with Gasteiger partial charge in [0.2, 0.25) is 0 Å². The highest BCUT2D eigenvalue weighted by Crippen LogP contribution is 2.21. The van der Waals surface area contributed by atoms with Crippen LogP contribution in [0.4, 0.5) is 4.39 Å². The molecule has 0 aromatic heterocycles. The lowest BCUT2D eigenvalue weighted by atomic mass is 10.2. The van der Waals surface area contributed by atoms with Gasteiger partial charge in [-0.2, -0.15) is 5.10 Å². The summed E-state index contributed by atoms with van der Waals surface area (Å²) >= 11 is 17.5. The van der Waals surface area contributed by atoms with E-state index in [1.807, 2.05) is 0 Å². The second-order valence-corrected chi connectivity index (χ2v) is 5.21. The SMILES string of the molecule is O=C(N/N=C/c1c(F)cccc1Cl)c1ccc(Cl)cc1Cl. The van der Waals surface area contributed by atoms with Crippen LogP contribution in [0.2, 0.25) is 15.1 Å². The number of nitrogens with one attached hydrogen (secondary N) is 1. The van der Waals surface area contributed by atoms with Crippen molar-refractivity contribution in [3.8, 4) is 0 Å². The van der Waals surface area contributed by atoms with Crippen LogP contribution in [0.1, 0.15) is 15.9 Å². The van der Waals surface area contributed by atoms with Gasteiger partial charge >= 0.3 is 0 Å². The first-order valence-corrected chi connectivity index (χ1v) is 6.85. The maximum atomic E-state index is 13.5. The van der Waals surface area contributed by atoms with E-state index in [1.54, 1.807) is 0 Å². The lowest BCUT2D eigenvalue weighted by molar-refractivity contribution is 0.0955. The van der Waals surface area contributed by atoms with Crippen LogP contribution < -0.4 is 5.43 Å². The minimum absolute atomic E-state index is 0.0849. The molecule has 0 aliphatic carbocycles. The second kappa shape index (κ2) is 6.89. The third kappa shape index (κ3) is 3.94. The van der Waals surface area contributed by atoms with E-state index >= 15 is 0 Å². The van der Waals surface area contributed by atoms with Gasteiger partial charge in [-0.15, -0.1) is 0 Å². The van der Waals surface area contributed by atoms with E-state index in [4.69, 9.17) is 34.8 Å². The number of rotatable bonds is 3. The first-order valence-electron chi connectivity index (χ1n) is 5.71. The Labute approximate surface area is 135 Å². The van der Waals surface area contributed by atoms with E-state index in [0.29, 0.717) is 5.02 Å². The number of carbonyl (C=O) groups excluding carboxylic acids is 1. The predicted molar refractivity (Wildman–Crippen MR) is 82.9 cm³/mol. The molecule has 2 rings (SSSR count). The highest BCUT2D eigenvalue weighted by atomic mass is 35.5. The Morgan fingerprint density at radius 1 is 1.14 bits per heavy atom. The van der Waals surface area contributed by atoms with Crippen molar-refractivity contribution >= 4 is 46.9 Å².